The van der Waals surface area contributed by atoms with Crippen LogP contribution < -0.4 is 5.56 Å². The van der Waals surface area contributed by atoms with Crippen molar-refractivity contribution in [2.45, 2.75) is 25.7 Å². The number of aromatic nitrogens is 2. The number of rotatable bonds is 2. The zero-order chi connectivity index (χ0) is 15.8. The summed E-state index contributed by atoms with van der Waals surface area (Å²) in [6, 6.07) is 5.57. The van der Waals surface area contributed by atoms with Crippen LogP contribution in [0.2, 0.25) is 0 Å². The number of H-pyrrole nitrogens is 1. The normalized spacial score (nSPS) is 14.7. The van der Waals surface area contributed by atoms with Crippen molar-refractivity contribution in [1.29, 1.82) is 5.26 Å². The SMILES string of the molecule is N#C/C(=C\c1ccco1)c1nc2sc3c(c2c(=O)[nH]1)CCCC3. The number of aromatic amines is 1. The van der Waals surface area contributed by atoms with Gasteiger partial charge in [-0.05, 0) is 43.4 Å². The van der Waals surface area contributed by atoms with Crippen LogP contribution in [0.25, 0.3) is 21.9 Å². The van der Waals surface area contributed by atoms with E-state index in [0.717, 1.165) is 36.1 Å². The Balaban J connectivity index is 1.89. The van der Waals surface area contributed by atoms with Crippen LogP contribution >= 0.6 is 11.3 Å². The average molecular weight is 323 g/mol. The Morgan fingerprint density at radius 3 is 3.09 bits per heavy atom. The molecule has 0 fully saturated rings. The molecule has 3 aromatic heterocycles. The van der Waals surface area contributed by atoms with Gasteiger partial charge in [-0.15, -0.1) is 11.3 Å². The minimum absolute atomic E-state index is 0.162. The third kappa shape index (κ3) is 2.39. The summed E-state index contributed by atoms with van der Waals surface area (Å²) in [5.74, 6) is 0.842. The summed E-state index contributed by atoms with van der Waals surface area (Å²) < 4.78 is 5.23. The zero-order valence-corrected chi connectivity index (χ0v) is 13.1. The van der Waals surface area contributed by atoms with Crippen LogP contribution in [-0.2, 0) is 12.8 Å². The van der Waals surface area contributed by atoms with E-state index in [2.05, 4.69) is 16.0 Å². The van der Waals surface area contributed by atoms with Crippen molar-refractivity contribution in [3.63, 3.8) is 0 Å². The van der Waals surface area contributed by atoms with E-state index in [1.807, 2.05) is 0 Å². The highest BCUT2D eigenvalue weighted by Crippen LogP contribution is 2.33. The maximum Gasteiger partial charge on any atom is 0.260 e. The molecule has 1 N–H and O–H groups in total. The van der Waals surface area contributed by atoms with Crippen LogP contribution in [0.4, 0.5) is 0 Å². The summed E-state index contributed by atoms with van der Waals surface area (Å²) in [6.07, 6.45) is 7.34. The molecule has 4 rings (SSSR count). The first kappa shape index (κ1) is 14.0. The molecule has 1 aliphatic rings. The molecule has 0 bridgehead atoms. The minimum Gasteiger partial charge on any atom is -0.465 e. The van der Waals surface area contributed by atoms with Crippen molar-refractivity contribution in [3.05, 3.63) is 50.8 Å². The van der Waals surface area contributed by atoms with Gasteiger partial charge in [0.05, 0.1) is 17.2 Å². The number of furan rings is 1. The van der Waals surface area contributed by atoms with E-state index < -0.39 is 0 Å². The van der Waals surface area contributed by atoms with E-state index in [9.17, 15) is 10.1 Å². The zero-order valence-electron chi connectivity index (χ0n) is 12.3. The fraction of sp³-hybridized carbons (Fsp3) is 0.235. The van der Waals surface area contributed by atoms with Gasteiger partial charge in [-0.1, -0.05) is 0 Å². The predicted molar refractivity (Wildman–Crippen MR) is 89.1 cm³/mol. The third-order valence-corrected chi connectivity index (χ3v) is 5.22. The molecule has 0 spiro atoms. The van der Waals surface area contributed by atoms with Gasteiger partial charge in [0.25, 0.3) is 5.56 Å². The van der Waals surface area contributed by atoms with Crippen LogP contribution in [0, 0.1) is 11.3 Å². The molecule has 0 unspecified atom stereocenters. The van der Waals surface area contributed by atoms with Crippen LogP contribution in [0.5, 0.6) is 0 Å². The second kappa shape index (κ2) is 5.52. The number of nitrogens with one attached hydrogen (secondary N) is 1. The first-order valence-electron chi connectivity index (χ1n) is 7.46. The van der Waals surface area contributed by atoms with E-state index in [1.54, 1.807) is 29.5 Å². The smallest absolute Gasteiger partial charge is 0.260 e. The van der Waals surface area contributed by atoms with Gasteiger partial charge in [0, 0.05) is 11.0 Å². The highest BCUT2D eigenvalue weighted by Gasteiger charge is 2.20. The van der Waals surface area contributed by atoms with Gasteiger partial charge >= 0.3 is 0 Å². The minimum atomic E-state index is -0.162. The van der Waals surface area contributed by atoms with Crippen molar-refractivity contribution < 1.29 is 4.42 Å². The number of allylic oxidation sites excluding steroid dienone is 1. The Morgan fingerprint density at radius 2 is 2.30 bits per heavy atom. The summed E-state index contributed by atoms with van der Waals surface area (Å²) in [5.41, 5.74) is 1.26. The summed E-state index contributed by atoms with van der Waals surface area (Å²) in [5, 5.41) is 10.1. The molecular formula is C17H13N3O2S. The molecule has 0 amide bonds. The first-order valence-corrected chi connectivity index (χ1v) is 8.28. The van der Waals surface area contributed by atoms with Gasteiger partial charge < -0.3 is 9.40 Å². The maximum atomic E-state index is 12.5. The highest BCUT2D eigenvalue weighted by atomic mass is 32.1. The summed E-state index contributed by atoms with van der Waals surface area (Å²) >= 11 is 1.57. The molecule has 23 heavy (non-hydrogen) atoms. The molecular weight excluding hydrogens is 310 g/mol. The molecule has 0 atom stereocenters. The predicted octanol–water partition coefficient (Wildman–Crippen LogP) is 3.52. The second-order valence-electron chi connectivity index (χ2n) is 5.49. The number of hydrogen-bond acceptors (Lipinski definition) is 5. The van der Waals surface area contributed by atoms with Crippen LogP contribution in [0.3, 0.4) is 0 Å². The third-order valence-electron chi connectivity index (χ3n) is 4.03. The number of hydrogen-bond donors (Lipinski definition) is 1. The Labute approximate surface area is 135 Å². The van der Waals surface area contributed by atoms with Gasteiger partial charge in [-0.25, -0.2) is 4.98 Å². The summed E-state index contributed by atoms with van der Waals surface area (Å²) in [4.78, 5) is 21.8. The maximum absolute atomic E-state index is 12.5. The van der Waals surface area contributed by atoms with Crippen molar-refractivity contribution >= 4 is 33.2 Å². The molecule has 6 heteroatoms. The van der Waals surface area contributed by atoms with Crippen LogP contribution in [-0.4, -0.2) is 9.97 Å². The van der Waals surface area contributed by atoms with Gasteiger partial charge in [-0.3, -0.25) is 4.79 Å². The van der Waals surface area contributed by atoms with Crippen molar-refractivity contribution in [2.24, 2.45) is 0 Å². The first-order chi connectivity index (χ1) is 11.3. The van der Waals surface area contributed by atoms with Crippen molar-refractivity contribution in [2.75, 3.05) is 0 Å². The lowest BCUT2D eigenvalue weighted by molar-refractivity contribution is 0.557. The van der Waals surface area contributed by atoms with Gasteiger partial charge in [0.1, 0.15) is 16.7 Å². The van der Waals surface area contributed by atoms with Crippen molar-refractivity contribution in [1.82, 2.24) is 9.97 Å². The largest absolute Gasteiger partial charge is 0.465 e. The molecule has 3 heterocycles. The molecule has 114 valence electrons. The Hall–Kier alpha value is -2.65. The van der Waals surface area contributed by atoms with E-state index in [0.29, 0.717) is 17.0 Å². The number of aryl methyl sites for hydroxylation is 2. The molecule has 3 aromatic rings. The molecule has 0 radical (unpaired) electrons. The van der Waals surface area contributed by atoms with Crippen molar-refractivity contribution in [3.8, 4) is 6.07 Å². The molecule has 0 aromatic carbocycles. The fourth-order valence-electron chi connectivity index (χ4n) is 2.96. The van der Waals surface area contributed by atoms with Gasteiger partial charge in [0.15, 0.2) is 5.82 Å². The second-order valence-corrected chi connectivity index (χ2v) is 6.57. The summed E-state index contributed by atoms with van der Waals surface area (Å²) in [6.45, 7) is 0. The molecule has 0 saturated heterocycles. The van der Waals surface area contributed by atoms with Crippen LogP contribution in [0.15, 0.2) is 27.6 Å². The topological polar surface area (TPSA) is 82.7 Å². The summed E-state index contributed by atoms with van der Waals surface area (Å²) in [7, 11) is 0. The lowest BCUT2D eigenvalue weighted by Crippen LogP contribution is -2.12. The van der Waals surface area contributed by atoms with E-state index in [1.165, 1.54) is 11.1 Å². The Kier molecular flexibility index (Phi) is 3.36. The Bertz CT molecular complexity index is 1000. The molecule has 5 nitrogen and oxygen atoms in total. The molecule has 1 aliphatic carbocycles. The van der Waals surface area contributed by atoms with E-state index in [-0.39, 0.29) is 11.1 Å². The number of nitrogens with zero attached hydrogens (tertiary/aromatic N) is 2. The van der Waals surface area contributed by atoms with Gasteiger partial charge in [-0.2, -0.15) is 5.26 Å². The average Bonchev–Trinajstić information content (AvgIpc) is 3.19. The number of fused-ring (bicyclic) bond motifs is 3. The monoisotopic (exact) mass is 323 g/mol. The van der Waals surface area contributed by atoms with E-state index >= 15 is 0 Å². The molecule has 0 aliphatic heterocycles. The van der Waals surface area contributed by atoms with Crippen LogP contribution in [0.1, 0.15) is 34.9 Å². The number of thiophene rings is 1. The highest BCUT2D eigenvalue weighted by molar-refractivity contribution is 7.18. The van der Waals surface area contributed by atoms with Gasteiger partial charge in [0.2, 0.25) is 0 Å². The Morgan fingerprint density at radius 1 is 1.43 bits per heavy atom. The van der Waals surface area contributed by atoms with E-state index in [4.69, 9.17) is 4.42 Å². The fourth-order valence-corrected chi connectivity index (χ4v) is 4.22. The number of nitriles is 1. The molecule has 0 saturated carbocycles. The lowest BCUT2D eigenvalue weighted by Gasteiger charge is -2.09. The quantitative estimate of drug-likeness (QED) is 0.731. The lowest BCUT2D eigenvalue weighted by atomic mass is 9.97. The standard InChI is InChI=1S/C17H13N3O2S/c18-9-10(8-11-4-3-7-22-11)15-19-16(21)14-12-5-1-2-6-13(12)23-17(14)20-15/h3-4,7-8H,1-2,5-6H2,(H,19,20,21)/b10-8+.